The molecule has 0 aromatic heterocycles. The zero-order valence-corrected chi connectivity index (χ0v) is 14.5. The second-order valence-corrected chi connectivity index (χ2v) is 7.32. The Balaban J connectivity index is 1.69. The van der Waals surface area contributed by atoms with Crippen molar-refractivity contribution in [2.45, 2.75) is 25.9 Å². The monoisotopic (exact) mass is 352 g/mol. The standard InChI is InChI=1S/C17H21FN2O3S/c1-12(21)2-4-14-11-20(17(22)23-14)13-3-5-16(15(18)10-13)19-6-8-24-9-7-19/h3,5,10,14H,2,4,6-9,11H2,1H3/t14-/m0/s1. The molecule has 0 spiro atoms. The van der Waals surface area contributed by atoms with Crippen molar-refractivity contribution in [3.8, 4) is 0 Å². The van der Waals surface area contributed by atoms with Crippen LogP contribution < -0.4 is 9.80 Å². The van der Waals surface area contributed by atoms with Gasteiger partial charge < -0.3 is 14.4 Å². The van der Waals surface area contributed by atoms with Crippen LogP contribution in [-0.4, -0.2) is 49.1 Å². The molecule has 130 valence electrons. The Labute approximate surface area is 145 Å². The maximum atomic E-state index is 14.5. The quantitative estimate of drug-likeness (QED) is 0.815. The summed E-state index contributed by atoms with van der Waals surface area (Å²) in [4.78, 5) is 26.5. The molecule has 0 N–H and O–H groups in total. The van der Waals surface area contributed by atoms with Gasteiger partial charge in [0.25, 0.3) is 0 Å². The molecule has 0 radical (unpaired) electrons. The number of ether oxygens (including phenoxy) is 1. The third-order valence-electron chi connectivity index (χ3n) is 4.29. The maximum absolute atomic E-state index is 14.5. The first-order valence-corrected chi connectivity index (χ1v) is 9.30. The first-order valence-electron chi connectivity index (χ1n) is 8.14. The number of halogens is 1. The van der Waals surface area contributed by atoms with E-state index in [4.69, 9.17) is 4.74 Å². The Kier molecular flexibility index (Phi) is 5.28. The van der Waals surface area contributed by atoms with Crippen molar-refractivity contribution in [3.05, 3.63) is 24.0 Å². The van der Waals surface area contributed by atoms with Crippen LogP contribution in [-0.2, 0) is 9.53 Å². The lowest BCUT2D eigenvalue weighted by molar-refractivity contribution is -0.117. The predicted molar refractivity (Wildman–Crippen MR) is 93.5 cm³/mol. The van der Waals surface area contributed by atoms with Crippen LogP contribution in [0.3, 0.4) is 0 Å². The number of nitrogens with zero attached hydrogens (tertiary/aromatic N) is 2. The van der Waals surface area contributed by atoms with Gasteiger partial charge in [-0.3, -0.25) is 4.90 Å². The van der Waals surface area contributed by atoms with Crippen molar-refractivity contribution in [3.63, 3.8) is 0 Å². The summed E-state index contributed by atoms with van der Waals surface area (Å²) in [5, 5.41) is 0. The van der Waals surface area contributed by atoms with Gasteiger partial charge in [-0.25, -0.2) is 9.18 Å². The number of anilines is 2. The van der Waals surface area contributed by atoms with Crippen LogP contribution in [0, 0.1) is 5.82 Å². The minimum atomic E-state index is -0.481. The van der Waals surface area contributed by atoms with Crippen molar-refractivity contribution in [2.75, 3.05) is 40.9 Å². The van der Waals surface area contributed by atoms with Gasteiger partial charge in [0, 0.05) is 31.0 Å². The van der Waals surface area contributed by atoms with Gasteiger partial charge in [-0.2, -0.15) is 11.8 Å². The third kappa shape index (κ3) is 3.83. The zero-order chi connectivity index (χ0) is 17.1. The summed E-state index contributed by atoms with van der Waals surface area (Å²) in [5.41, 5.74) is 1.08. The first kappa shape index (κ1) is 17.1. The number of rotatable bonds is 5. The van der Waals surface area contributed by atoms with Crippen LogP contribution in [0.4, 0.5) is 20.6 Å². The van der Waals surface area contributed by atoms with Crippen LogP contribution in [0.15, 0.2) is 18.2 Å². The second kappa shape index (κ2) is 7.42. The van der Waals surface area contributed by atoms with Gasteiger partial charge in [0.15, 0.2) is 0 Å². The predicted octanol–water partition coefficient (Wildman–Crippen LogP) is 3.07. The number of ketones is 1. The molecular weight excluding hydrogens is 331 g/mol. The van der Waals surface area contributed by atoms with Gasteiger partial charge in [0.2, 0.25) is 0 Å². The Bertz CT molecular complexity index is 634. The fourth-order valence-electron chi connectivity index (χ4n) is 2.97. The number of carbonyl (C=O) groups excluding carboxylic acids is 2. The Morgan fingerprint density at radius 3 is 2.79 bits per heavy atom. The van der Waals surface area contributed by atoms with Crippen molar-refractivity contribution in [1.82, 2.24) is 0 Å². The minimum Gasteiger partial charge on any atom is -0.444 e. The first-order chi connectivity index (χ1) is 11.5. The number of Topliss-reactive ketones (excluding diaryl/α,β-unsaturated/α-hetero) is 1. The van der Waals surface area contributed by atoms with E-state index in [0.717, 1.165) is 24.6 Å². The normalized spacial score (nSPS) is 21.1. The highest BCUT2D eigenvalue weighted by Gasteiger charge is 2.32. The summed E-state index contributed by atoms with van der Waals surface area (Å²) >= 11 is 1.87. The molecule has 2 heterocycles. The minimum absolute atomic E-state index is 0.0691. The van der Waals surface area contributed by atoms with Gasteiger partial charge in [0.05, 0.1) is 17.9 Å². The fourth-order valence-corrected chi connectivity index (χ4v) is 3.87. The number of hydrogen-bond acceptors (Lipinski definition) is 5. The van der Waals surface area contributed by atoms with Crippen molar-refractivity contribution in [2.24, 2.45) is 0 Å². The second-order valence-electron chi connectivity index (χ2n) is 6.09. The molecule has 7 heteroatoms. The van der Waals surface area contributed by atoms with Crippen LogP contribution in [0.1, 0.15) is 19.8 Å². The summed E-state index contributed by atoms with van der Waals surface area (Å²) < 4.78 is 19.8. The van der Waals surface area contributed by atoms with E-state index in [2.05, 4.69) is 0 Å². The Morgan fingerprint density at radius 1 is 1.38 bits per heavy atom. The van der Waals surface area contributed by atoms with E-state index in [0.29, 0.717) is 30.8 Å². The van der Waals surface area contributed by atoms with E-state index < -0.39 is 6.09 Å². The average molecular weight is 352 g/mol. The maximum Gasteiger partial charge on any atom is 0.414 e. The van der Waals surface area contributed by atoms with Crippen LogP contribution >= 0.6 is 11.8 Å². The van der Waals surface area contributed by atoms with Crippen molar-refractivity contribution >= 4 is 35.0 Å². The molecule has 1 aromatic carbocycles. The lowest BCUT2D eigenvalue weighted by Gasteiger charge is -2.29. The molecule has 1 aromatic rings. The SMILES string of the molecule is CC(=O)CC[C@H]1CN(c2ccc(N3CCSCC3)c(F)c2)C(=O)O1. The molecule has 0 unspecified atom stereocenters. The summed E-state index contributed by atoms with van der Waals surface area (Å²) in [5.74, 6) is 1.74. The number of hydrogen-bond donors (Lipinski definition) is 0. The Morgan fingerprint density at radius 2 is 2.12 bits per heavy atom. The van der Waals surface area contributed by atoms with E-state index in [1.54, 1.807) is 12.1 Å². The summed E-state index contributed by atoms with van der Waals surface area (Å²) in [7, 11) is 0. The zero-order valence-electron chi connectivity index (χ0n) is 13.7. The molecule has 3 rings (SSSR count). The number of cyclic esters (lactones) is 1. The molecule has 2 fully saturated rings. The van der Waals surface area contributed by atoms with E-state index in [1.165, 1.54) is 17.9 Å². The number of amides is 1. The van der Waals surface area contributed by atoms with Crippen LogP contribution in [0.5, 0.6) is 0 Å². The van der Waals surface area contributed by atoms with Crippen LogP contribution in [0.2, 0.25) is 0 Å². The Hall–Kier alpha value is -1.76. The molecule has 5 nitrogen and oxygen atoms in total. The topological polar surface area (TPSA) is 49.9 Å². The summed E-state index contributed by atoms with van der Waals surface area (Å²) in [6.45, 7) is 3.53. The third-order valence-corrected chi connectivity index (χ3v) is 5.23. The van der Waals surface area contributed by atoms with E-state index in [1.807, 2.05) is 16.7 Å². The lowest BCUT2D eigenvalue weighted by atomic mass is 10.1. The lowest BCUT2D eigenvalue weighted by Crippen LogP contribution is -2.33. The van der Waals surface area contributed by atoms with E-state index in [-0.39, 0.29) is 17.7 Å². The van der Waals surface area contributed by atoms with E-state index in [9.17, 15) is 14.0 Å². The summed E-state index contributed by atoms with van der Waals surface area (Å²) in [6, 6.07) is 4.89. The number of thioether (sulfide) groups is 1. The van der Waals surface area contributed by atoms with Gasteiger partial charge in [-0.1, -0.05) is 0 Å². The highest BCUT2D eigenvalue weighted by Crippen LogP contribution is 2.29. The largest absolute Gasteiger partial charge is 0.444 e. The molecular formula is C17H21FN2O3S. The molecule has 2 aliphatic rings. The van der Waals surface area contributed by atoms with E-state index >= 15 is 0 Å². The summed E-state index contributed by atoms with van der Waals surface area (Å²) in [6.07, 6.45) is 0.0867. The molecule has 0 aliphatic carbocycles. The highest BCUT2D eigenvalue weighted by molar-refractivity contribution is 7.99. The number of carbonyl (C=O) groups is 2. The molecule has 0 saturated carbocycles. The molecule has 24 heavy (non-hydrogen) atoms. The van der Waals surface area contributed by atoms with Gasteiger partial charge in [-0.15, -0.1) is 0 Å². The molecule has 0 bridgehead atoms. The number of benzene rings is 1. The highest BCUT2D eigenvalue weighted by atomic mass is 32.2. The van der Waals surface area contributed by atoms with Crippen molar-refractivity contribution in [1.29, 1.82) is 0 Å². The molecule has 2 saturated heterocycles. The van der Waals surface area contributed by atoms with Gasteiger partial charge in [0.1, 0.15) is 17.7 Å². The van der Waals surface area contributed by atoms with Crippen molar-refractivity contribution < 1.29 is 18.7 Å². The average Bonchev–Trinajstić information content (AvgIpc) is 2.94. The van der Waals surface area contributed by atoms with Gasteiger partial charge >= 0.3 is 6.09 Å². The van der Waals surface area contributed by atoms with Gasteiger partial charge in [-0.05, 0) is 31.5 Å². The molecule has 1 atom stereocenters. The smallest absolute Gasteiger partial charge is 0.414 e. The molecule has 1 amide bonds. The molecule has 2 aliphatic heterocycles. The van der Waals surface area contributed by atoms with Crippen LogP contribution in [0.25, 0.3) is 0 Å². The fraction of sp³-hybridized carbons (Fsp3) is 0.529.